The van der Waals surface area contributed by atoms with Gasteiger partial charge in [0.1, 0.15) is 6.04 Å². The van der Waals surface area contributed by atoms with Crippen LogP contribution in [0.15, 0.2) is 0 Å². The zero-order chi connectivity index (χ0) is 16.3. The Morgan fingerprint density at radius 1 is 1.19 bits per heavy atom. The van der Waals surface area contributed by atoms with Crippen molar-refractivity contribution < 1.29 is 19.5 Å². The minimum Gasteiger partial charge on any atom is -0.480 e. The molecule has 6 heteroatoms. The van der Waals surface area contributed by atoms with Crippen molar-refractivity contribution in [2.75, 3.05) is 5.75 Å². The lowest BCUT2D eigenvalue weighted by molar-refractivity contribution is -0.155. The third-order valence-electron chi connectivity index (χ3n) is 2.90. The van der Waals surface area contributed by atoms with Gasteiger partial charge in [0.25, 0.3) is 0 Å². The van der Waals surface area contributed by atoms with E-state index in [2.05, 4.69) is 31.4 Å². The maximum atomic E-state index is 11.9. The van der Waals surface area contributed by atoms with E-state index in [9.17, 15) is 14.4 Å². The Balaban J connectivity index is 4.48. The van der Waals surface area contributed by atoms with Gasteiger partial charge in [-0.05, 0) is 6.42 Å². The summed E-state index contributed by atoms with van der Waals surface area (Å²) in [6, 6.07) is -1.25. The summed E-state index contributed by atoms with van der Waals surface area (Å²) in [5.41, 5.74) is 0. The van der Waals surface area contributed by atoms with Gasteiger partial charge in [0.05, 0.1) is 6.42 Å². The Hall–Kier alpha value is -1.48. The minimum absolute atomic E-state index is 0.120. The molecule has 0 bridgehead atoms. The summed E-state index contributed by atoms with van der Waals surface area (Å²) in [5, 5.41) is 9.00. The topological polar surface area (TPSA) is 74.7 Å². The zero-order valence-electron chi connectivity index (χ0n) is 12.6. The van der Waals surface area contributed by atoms with Crippen molar-refractivity contribution in [3.8, 4) is 11.8 Å². The van der Waals surface area contributed by atoms with Crippen LogP contribution < -0.4 is 0 Å². The first kappa shape index (κ1) is 19.5. The summed E-state index contributed by atoms with van der Waals surface area (Å²) in [4.78, 5) is 35.1. The number of thiol groups is 1. The number of nitrogens with zero attached hydrogens (tertiary/aromatic N) is 1. The summed E-state index contributed by atoms with van der Waals surface area (Å²) in [6.45, 7) is 3.29. The van der Waals surface area contributed by atoms with Gasteiger partial charge in [-0.2, -0.15) is 12.6 Å². The molecule has 1 N–H and O–H groups in total. The van der Waals surface area contributed by atoms with Crippen molar-refractivity contribution in [3.05, 3.63) is 0 Å². The van der Waals surface area contributed by atoms with E-state index in [1.165, 1.54) is 6.42 Å². The van der Waals surface area contributed by atoms with E-state index in [1.807, 2.05) is 0 Å². The first-order valence-corrected chi connectivity index (χ1v) is 7.70. The highest BCUT2D eigenvalue weighted by atomic mass is 32.1. The highest BCUT2D eigenvalue weighted by Crippen LogP contribution is 2.06. The van der Waals surface area contributed by atoms with Gasteiger partial charge in [-0.1, -0.05) is 32.1 Å². The molecular formula is C15H23NO4S. The third kappa shape index (κ3) is 7.76. The van der Waals surface area contributed by atoms with Gasteiger partial charge >= 0.3 is 5.97 Å². The van der Waals surface area contributed by atoms with Crippen LogP contribution in [0.2, 0.25) is 0 Å². The van der Waals surface area contributed by atoms with Crippen LogP contribution in [0.5, 0.6) is 0 Å². The summed E-state index contributed by atoms with van der Waals surface area (Å²) >= 11 is 3.88. The number of imide groups is 1. The maximum absolute atomic E-state index is 11.9. The molecule has 0 saturated heterocycles. The van der Waals surface area contributed by atoms with E-state index < -0.39 is 23.8 Å². The monoisotopic (exact) mass is 313 g/mol. The molecule has 0 spiro atoms. The van der Waals surface area contributed by atoms with Gasteiger partial charge in [-0.15, -0.1) is 5.92 Å². The zero-order valence-corrected chi connectivity index (χ0v) is 13.5. The number of aliphatic carboxylic acids is 1. The minimum atomic E-state index is -1.25. The Morgan fingerprint density at radius 2 is 1.86 bits per heavy atom. The Bertz CT molecular complexity index is 425. The van der Waals surface area contributed by atoms with E-state index in [-0.39, 0.29) is 12.2 Å². The molecule has 118 valence electrons. The second-order valence-electron chi connectivity index (χ2n) is 4.66. The predicted molar refractivity (Wildman–Crippen MR) is 84.0 cm³/mol. The van der Waals surface area contributed by atoms with Crippen LogP contribution in [0.25, 0.3) is 0 Å². The standard InChI is InChI=1S/C15H23NO4S/c1-3-4-5-6-7-8-9-10-14(18)16(12(2)17)13(11-21)15(19)20/h13,21H,3-7,10-11H2,1-2H3,(H,19,20)/t13-/m0/s1. The number of carboxylic acids is 1. The number of hydrogen-bond donors (Lipinski definition) is 2. The number of carbonyl (C=O) groups excluding carboxylic acids is 2. The van der Waals surface area contributed by atoms with Crippen LogP contribution in [-0.2, 0) is 14.4 Å². The molecule has 0 radical (unpaired) electrons. The highest BCUT2D eigenvalue weighted by Gasteiger charge is 2.31. The smallest absolute Gasteiger partial charge is 0.327 e. The molecule has 5 nitrogen and oxygen atoms in total. The van der Waals surface area contributed by atoms with Gasteiger partial charge in [0.15, 0.2) is 0 Å². The lowest BCUT2D eigenvalue weighted by Crippen LogP contribution is -2.48. The molecule has 21 heavy (non-hydrogen) atoms. The van der Waals surface area contributed by atoms with Crippen molar-refractivity contribution >= 4 is 30.4 Å². The number of unbranched alkanes of at least 4 members (excludes halogenated alkanes) is 4. The van der Waals surface area contributed by atoms with Crippen LogP contribution in [-0.4, -0.2) is 39.6 Å². The van der Waals surface area contributed by atoms with Crippen molar-refractivity contribution in [3.63, 3.8) is 0 Å². The molecule has 0 aromatic heterocycles. The van der Waals surface area contributed by atoms with E-state index >= 15 is 0 Å². The predicted octanol–water partition coefficient (Wildman–Crippen LogP) is 2.11. The largest absolute Gasteiger partial charge is 0.480 e. The van der Waals surface area contributed by atoms with Gasteiger partial charge in [-0.25, -0.2) is 4.79 Å². The number of hydrogen-bond acceptors (Lipinski definition) is 4. The lowest BCUT2D eigenvalue weighted by Gasteiger charge is -2.24. The number of amides is 2. The summed E-state index contributed by atoms with van der Waals surface area (Å²) in [5.74, 6) is 3.02. The molecule has 1 atom stereocenters. The van der Waals surface area contributed by atoms with Gasteiger partial charge in [0, 0.05) is 19.1 Å². The van der Waals surface area contributed by atoms with Crippen LogP contribution >= 0.6 is 12.6 Å². The first-order chi connectivity index (χ1) is 9.95. The van der Waals surface area contributed by atoms with Crippen LogP contribution in [0.3, 0.4) is 0 Å². The molecule has 0 aromatic carbocycles. The fourth-order valence-electron chi connectivity index (χ4n) is 1.79. The Kier molecular flexibility index (Phi) is 10.4. The van der Waals surface area contributed by atoms with Crippen molar-refractivity contribution in [1.29, 1.82) is 0 Å². The molecular weight excluding hydrogens is 290 g/mol. The first-order valence-electron chi connectivity index (χ1n) is 7.07. The van der Waals surface area contributed by atoms with Crippen LogP contribution in [0.4, 0.5) is 0 Å². The summed E-state index contributed by atoms with van der Waals surface area (Å²) < 4.78 is 0. The second-order valence-corrected chi connectivity index (χ2v) is 5.03. The number of carboxylic acid groups (broad SMARTS) is 1. The molecule has 2 amide bonds. The van der Waals surface area contributed by atoms with Crippen LogP contribution in [0.1, 0.15) is 52.4 Å². The van der Waals surface area contributed by atoms with Crippen molar-refractivity contribution in [1.82, 2.24) is 4.90 Å². The molecule has 0 aliphatic heterocycles. The molecule has 0 aromatic rings. The summed E-state index contributed by atoms with van der Waals surface area (Å²) in [7, 11) is 0. The average Bonchev–Trinajstić information content (AvgIpc) is 2.42. The van der Waals surface area contributed by atoms with Crippen molar-refractivity contribution in [2.45, 2.75) is 58.4 Å². The van der Waals surface area contributed by atoms with Crippen molar-refractivity contribution in [2.24, 2.45) is 0 Å². The normalized spacial score (nSPS) is 11.2. The van der Waals surface area contributed by atoms with Crippen LogP contribution in [0, 0.1) is 11.8 Å². The quantitative estimate of drug-likeness (QED) is 0.409. The Labute approximate surface area is 131 Å². The Morgan fingerprint density at radius 3 is 2.33 bits per heavy atom. The van der Waals surface area contributed by atoms with Gasteiger partial charge in [0.2, 0.25) is 11.8 Å². The van der Waals surface area contributed by atoms with E-state index in [4.69, 9.17) is 5.11 Å². The fraction of sp³-hybridized carbons (Fsp3) is 0.667. The maximum Gasteiger partial charge on any atom is 0.327 e. The van der Waals surface area contributed by atoms with E-state index in [0.29, 0.717) is 6.42 Å². The SMILES string of the molecule is CCCCCCC#CCC(=O)N(C(C)=O)[C@@H](CS)C(=O)O. The van der Waals surface area contributed by atoms with E-state index in [1.54, 1.807) is 0 Å². The molecule has 0 fully saturated rings. The molecule has 0 aliphatic rings. The van der Waals surface area contributed by atoms with Gasteiger partial charge < -0.3 is 5.11 Å². The number of carbonyl (C=O) groups is 3. The lowest BCUT2D eigenvalue weighted by atomic mass is 10.1. The molecule has 0 saturated carbocycles. The highest BCUT2D eigenvalue weighted by molar-refractivity contribution is 7.80. The second kappa shape index (κ2) is 11.2. The average molecular weight is 313 g/mol. The molecule has 0 unspecified atom stereocenters. The van der Waals surface area contributed by atoms with Gasteiger partial charge in [-0.3, -0.25) is 14.5 Å². The van der Waals surface area contributed by atoms with E-state index in [0.717, 1.165) is 31.1 Å². The number of rotatable bonds is 8. The molecule has 0 aliphatic carbocycles. The third-order valence-corrected chi connectivity index (χ3v) is 3.24. The fourth-order valence-corrected chi connectivity index (χ4v) is 2.11. The summed E-state index contributed by atoms with van der Waals surface area (Å²) in [6.07, 6.45) is 4.98. The molecule has 0 rings (SSSR count). The molecule has 0 heterocycles.